The Morgan fingerprint density at radius 3 is 1.88 bits per heavy atom. The number of para-hydroxylation sites is 2. The first-order valence-electron chi connectivity index (χ1n) is 8.45. The largest absolute Gasteiger partial charge is 0.309 e. The highest BCUT2D eigenvalue weighted by Crippen LogP contribution is 2.31. The summed E-state index contributed by atoms with van der Waals surface area (Å²) in [6.07, 6.45) is 2.27. The molecule has 1 heterocycles. The summed E-state index contributed by atoms with van der Waals surface area (Å²) in [6.45, 7) is 2.20. The Kier molecular flexibility index (Phi) is 4.15. The van der Waals surface area contributed by atoms with Gasteiger partial charge in [0.05, 0.1) is 11.0 Å². The van der Waals surface area contributed by atoms with Gasteiger partial charge in [-0.15, -0.1) is 0 Å². The molecule has 0 saturated heterocycles. The molecule has 0 spiro atoms. The van der Waals surface area contributed by atoms with Crippen LogP contribution >= 0.6 is 15.9 Å². The van der Waals surface area contributed by atoms with Gasteiger partial charge in [0.1, 0.15) is 0 Å². The van der Waals surface area contributed by atoms with Gasteiger partial charge in [0.15, 0.2) is 0 Å². The van der Waals surface area contributed by atoms with Crippen molar-refractivity contribution in [3.05, 3.63) is 78.4 Å². The number of aromatic nitrogens is 1. The second kappa shape index (κ2) is 6.45. The number of alkyl halides is 1. The Bertz CT molecular complexity index is 927. The van der Waals surface area contributed by atoms with Gasteiger partial charge in [0, 0.05) is 21.3 Å². The molecule has 0 aliphatic rings. The zero-order valence-corrected chi connectivity index (χ0v) is 15.3. The van der Waals surface area contributed by atoms with Gasteiger partial charge in [0.25, 0.3) is 0 Å². The van der Waals surface area contributed by atoms with Gasteiger partial charge < -0.3 is 4.57 Å². The van der Waals surface area contributed by atoms with Crippen LogP contribution in [-0.4, -0.2) is 9.39 Å². The van der Waals surface area contributed by atoms with Crippen molar-refractivity contribution in [1.82, 2.24) is 4.57 Å². The van der Waals surface area contributed by atoms with E-state index in [-0.39, 0.29) is 0 Å². The van der Waals surface area contributed by atoms with E-state index >= 15 is 0 Å². The molecule has 0 amide bonds. The monoisotopic (exact) mass is 377 g/mol. The fraction of sp³-hybridized carbons (Fsp3) is 0.182. The second-order valence-corrected chi connectivity index (χ2v) is 7.92. The Morgan fingerprint density at radius 1 is 0.792 bits per heavy atom. The molecule has 1 nitrogen and oxygen atoms in total. The van der Waals surface area contributed by atoms with E-state index < -0.39 is 0 Å². The third-order valence-electron chi connectivity index (χ3n) is 4.61. The summed E-state index contributed by atoms with van der Waals surface area (Å²) in [5.74, 6) is 0. The number of fused-ring (bicyclic) bond motifs is 3. The molecule has 3 aromatic carbocycles. The molecule has 4 aromatic rings. The average Bonchev–Trinajstić information content (AvgIpc) is 2.95. The van der Waals surface area contributed by atoms with E-state index in [9.17, 15) is 0 Å². The summed E-state index contributed by atoms with van der Waals surface area (Å²) in [6, 6.07) is 26.3. The lowest BCUT2D eigenvalue weighted by atomic mass is 10.1. The lowest BCUT2D eigenvalue weighted by Gasteiger charge is -2.09. The number of halogens is 1. The SMILES string of the molecule is CC(Br)CCc1ccc(-n2c3ccccc3c3ccccc32)cc1. The number of hydrogen-bond donors (Lipinski definition) is 0. The van der Waals surface area contributed by atoms with Crippen LogP contribution in [0.1, 0.15) is 18.9 Å². The molecule has 0 aliphatic heterocycles. The standard InChI is InChI=1S/C22H20BrN/c1-16(23)10-11-17-12-14-18(15-13-17)24-21-8-4-2-6-19(21)20-7-3-5-9-22(20)24/h2-9,12-16H,10-11H2,1H3. The van der Waals surface area contributed by atoms with Crippen LogP contribution in [0.3, 0.4) is 0 Å². The van der Waals surface area contributed by atoms with Gasteiger partial charge in [0.2, 0.25) is 0 Å². The average molecular weight is 378 g/mol. The zero-order chi connectivity index (χ0) is 16.5. The van der Waals surface area contributed by atoms with Gasteiger partial charge in [-0.3, -0.25) is 0 Å². The maximum absolute atomic E-state index is 3.63. The van der Waals surface area contributed by atoms with E-state index in [1.165, 1.54) is 33.1 Å². The third kappa shape index (κ3) is 2.76. The Balaban J connectivity index is 1.83. The molecule has 4 rings (SSSR count). The van der Waals surface area contributed by atoms with Crippen LogP contribution in [0.4, 0.5) is 0 Å². The number of rotatable bonds is 4. The second-order valence-electron chi connectivity index (χ2n) is 6.36. The number of hydrogen-bond acceptors (Lipinski definition) is 0. The molecule has 2 heteroatoms. The summed E-state index contributed by atoms with van der Waals surface area (Å²) in [5, 5.41) is 2.62. The molecule has 0 N–H and O–H groups in total. The molecule has 0 fully saturated rings. The predicted octanol–water partition coefficient (Wildman–Crippen LogP) is 6.50. The molecule has 0 aliphatic carbocycles. The van der Waals surface area contributed by atoms with Crippen molar-refractivity contribution in [2.24, 2.45) is 0 Å². The van der Waals surface area contributed by atoms with Crippen LogP contribution in [-0.2, 0) is 6.42 Å². The summed E-state index contributed by atoms with van der Waals surface area (Å²) in [5.41, 5.74) is 5.15. The lowest BCUT2D eigenvalue weighted by molar-refractivity contribution is 0.822. The topological polar surface area (TPSA) is 4.93 Å². The van der Waals surface area contributed by atoms with Crippen molar-refractivity contribution in [2.75, 3.05) is 0 Å². The molecular formula is C22H20BrN. The first-order chi connectivity index (χ1) is 11.7. The Hall–Kier alpha value is -2.06. The minimum atomic E-state index is 0.564. The van der Waals surface area contributed by atoms with E-state index in [4.69, 9.17) is 0 Å². The highest BCUT2D eigenvalue weighted by atomic mass is 79.9. The van der Waals surface area contributed by atoms with Crippen molar-refractivity contribution in [2.45, 2.75) is 24.6 Å². The summed E-state index contributed by atoms with van der Waals surface area (Å²) in [7, 11) is 0. The van der Waals surface area contributed by atoms with E-state index in [1.54, 1.807) is 0 Å². The third-order valence-corrected chi connectivity index (χ3v) is 5.06. The highest BCUT2D eigenvalue weighted by Gasteiger charge is 2.11. The highest BCUT2D eigenvalue weighted by molar-refractivity contribution is 9.09. The van der Waals surface area contributed by atoms with Crippen LogP contribution in [0.2, 0.25) is 0 Å². The fourth-order valence-corrected chi connectivity index (χ4v) is 3.61. The smallest absolute Gasteiger partial charge is 0.0541 e. The van der Waals surface area contributed by atoms with Crippen LogP contribution in [0, 0.1) is 0 Å². The fourth-order valence-electron chi connectivity index (χ4n) is 3.38. The minimum Gasteiger partial charge on any atom is -0.309 e. The molecule has 120 valence electrons. The first kappa shape index (κ1) is 15.5. The van der Waals surface area contributed by atoms with Gasteiger partial charge in [-0.1, -0.05) is 71.4 Å². The summed E-state index contributed by atoms with van der Waals surface area (Å²) >= 11 is 3.63. The van der Waals surface area contributed by atoms with Crippen LogP contribution < -0.4 is 0 Å². The van der Waals surface area contributed by atoms with Gasteiger partial charge in [-0.2, -0.15) is 0 Å². The number of aryl methyl sites for hydroxylation is 1. The Morgan fingerprint density at radius 2 is 1.33 bits per heavy atom. The molecule has 0 bridgehead atoms. The van der Waals surface area contributed by atoms with E-state index in [0.29, 0.717) is 4.83 Å². The molecule has 1 atom stereocenters. The zero-order valence-electron chi connectivity index (χ0n) is 13.7. The van der Waals surface area contributed by atoms with E-state index in [0.717, 1.165) is 12.8 Å². The predicted molar refractivity (Wildman–Crippen MR) is 107 cm³/mol. The van der Waals surface area contributed by atoms with Crippen molar-refractivity contribution in [3.8, 4) is 5.69 Å². The van der Waals surface area contributed by atoms with Gasteiger partial charge in [-0.25, -0.2) is 0 Å². The number of nitrogens with zero attached hydrogens (tertiary/aromatic N) is 1. The summed E-state index contributed by atoms with van der Waals surface area (Å²) < 4.78 is 2.36. The van der Waals surface area contributed by atoms with Crippen LogP contribution in [0.25, 0.3) is 27.5 Å². The van der Waals surface area contributed by atoms with Crippen LogP contribution in [0.15, 0.2) is 72.8 Å². The molecule has 1 aromatic heterocycles. The molecule has 0 saturated carbocycles. The normalized spacial score (nSPS) is 12.8. The first-order valence-corrected chi connectivity index (χ1v) is 9.37. The molecular weight excluding hydrogens is 358 g/mol. The van der Waals surface area contributed by atoms with Gasteiger partial charge >= 0.3 is 0 Å². The van der Waals surface area contributed by atoms with E-state index in [2.05, 4.69) is 100 Å². The maximum atomic E-state index is 3.63. The van der Waals surface area contributed by atoms with Crippen LogP contribution in [0.5, 0.6) is 0 Å². The van der Waals surface area contributed by atoms with E-state index in [1.807, 2.05) is 0 Å². The van der Waals surface area contributed by atoms with Gasteiger partial charge in [-0.05, 0) is 42.7 Å². The minimum absolute atomic E-state index is 0.564. The van der Waals surface area contributed by atoms with Crippen molar-refractivity contribution < 1.29 is 0 Å². The van der Waals surface area contributed by atoms with Crippen molar-refractivity contribution in [3.63, 3.8) is 0 Å². The van der Waals surface area contributed by atoms with Crippen molar-refractivity contribution in [1.29, 1.82) is 0 Å². The number of benzene rings is 3. The molecule has 0 radical (unpaired) electrons. The summed E-state index contributed by atoms with van der Waals surface area (Å²) in [4.78, 5) is 0.564. The molecule has 1 unspecified atom stereocenters. The van der Waals surface area contributed by atoms with Crippen molar-refractivity contribution >= 4 is 37.7 Å². The Labute approximate surface area is 151 Å². The lowest BCUT2D eigenvalue weighted by Crippen LogP contribution is -1.96. The molecule has 24 heavy (non-hydrogen) atoms. The quantitative estimate of drug-likeness (QED) is 0.357. The maximum Gasteiger partial charge on any atom is 0.0541 e.